The molecule has 110 valence electrons. The zero-order chi connectivity index (χ0) is 14.7. The van der Waals surface area contributed by atoms with Crippen LogP contribution in [0, 0.1) is 11.7 Å². The molecule has 0 radical (unpaired) electrons. The van der Waals surface area contributed by atoms with Crippen LogP contribution in [0.1, 0.15) is 31.2 Å². The number of nitrogens with one attached hydrogen (secondary N) is 1. The molecular weight excluding hydrogens is 273 g/mol. The van der Waals surface area contributed by atoms with Crippen molar-refractivity contribution in [1.82, 2.24) is 5.32 Å². The maximum absolute atomic E-state index is 14.1. The Labute approximate surface area is 124 Å². The number of hydrogen-bond acceptors (Lipinski definition) is 3. The van der Waals surface area contributed by atoms with Crippen LogP contribution in [-0.4, -0.2) is 13.2 Å². The highest BCUT2D eigenvalue weighted by Crippen LogP contribution is 2.34. The van der Waals surface area contributed by atoms with Crippen molar-refractivity contribution >= 4 is 21.4 Å². The molecule has 4 heteroatoms. The maximum atomic E-state index is 14.1. The number of ether oxygens (including phenoxy) is 1. The van der Waals surface area contributed by atoms with Crippen LogP contribution in [-0.2, 0) is 17.9 Å². The van der Waals surface area contributed by atoms with E-state index in [1.54, 1.807) is 17.4 Å². The smallest absolute Gasteiger partial charge is 0.132 e. The fourth-order valence-corrected chi connectivity index (χ4v) is 3.31. The summed E-state index contributed by atoms with van der Waals surface area (Å²) >= 11 is 1.64. The topological polar surface area (TPSA) is 21.3 Å². The van der Waals surface area contributed by atoms with Crippen LogP contribution < -0.4 is 5.32 Å². The summed E-state index contributed by atoms with van der Waals surface area (Å²) in [5, 5.41) is 3.87. The van der Waals surface area contributed by atoms with Gasteiger partial charge in [-0.1, -0.05) is 19.9 Å². The van der Waals surface area contributed by atoms with Crippen LogP contribution in [0.15, 0.2) is 18.2 Å². The van der Waals surface area contributed by atoms with Gasteiger partial charge in [-0.3, -0.25) is 0 Å². The van der Waals surface area contributed by atoms with E-state index in [1.165, 1.54) is 6.07 Å². The van der Waals surface area contributed by atoms with Gasteiger partial charge >= 0.3 is 0 Å². The molecule has 1 N–H and O–H groups in total. The van der Waals surface area contributed by atoms with Crippen LogP contribution in [0.25, 0.3) is 10.1 Å². The molecule has 2 rings (SSSR count). The molecule has 0 aliphatic heterocycles. The van der Waals surface area contributed by atoms with E-state index in [1.807, 2.05) is 13.1 Å². The molecule has 1 unspecified atom stereocenters. The summed E-state index contributed by atoms with van der Waals surface area (Å²) in [7, 11) is 1.90. The molecular formula is C16H22FNOS. The first-order valence-corrected chi connectivity index (χ1v) is 7.81. The number of rotatable bonds is 6. The lowest BCUT2D eigenvalue weighted by molar-refractivity contribution is 0.0238. The lowest BCUT2D eigenvalue weighted by Gasteiger charge is -2.17. The molecule has 1 heterocycles. The highest BCUT2D eigenvalue weighted by atomic mass is 32.1. The molecule has 0 aliphatic rings. The van der Waals surface area contributed by atoms with Crippen molar-refractivity contribution in [2.75, 3.05) is 7.05 Å². The number of benzene rings is 1. The molecule has 2 nitrogen and oxygen atoms in total. The van der Waals surface area contributed by atoms with Crippen molar-refractivity contribution in [2.24, 2.45) is 5.92 Å². The van der Waals surface area contributed by atoms with Gasteiger partial charge in [-0.15, -0.1) is 11.3 Å². The van der Waals surface area contributed by atoms with Gasteiger partial charge in [-0.2, -0.15) is 0 Å². The van der Waals surface area contributed by atoms with Crippen LogP contribution in [0.3, 0.4) is 0 Å². The second-order valence-corrected chi connectivity index (χ2v) is 6.54. The summed E-state index contributed by atoms with van der Waals surface area (Å²) in [5.74, 6) is 0.300. The van der Waals surface area contributed by atoms with Crippen molar-refractivity contribution < 1.29 is 9.13 Å². The molecule has 0 bridgehead atoms. The van der Waals surface area contributed by atoms with Gasteiger partial charge in [-0.05, 0) is 32.0 Å². The van der Waals surface area contributed by atoms with E-state index >= 15 is 0 Å². The normalized spacial score (nSPS) is 13.3. The minimum absolute atomic E-state index is 0.156. The molecule has 1 aromatic heterocycles. The zero-order valence-corrected chi connectivity index (χ0v) is 13.3. The van der Waals surface area contributed by atoms with E-state index in [-0.39, 0.29) is 11.9 Å². The van der Waals surface area contributed by atoms with E-state index < -0.39 is 0 Å². The highest BCUT2D eigenvalue weighted by Gasteiger charge is 2.17. The van der Waals surface area contributed by atoms with Gasteiger partial charge in [-0.25, -0.2) is 4.39 Å². The van der Waals surface area contributed by atoms with Gasteiger partial charge in [0, 0.05) is 27.1 Å². The van der Waals surface area contributed by atoms with Crippen molar-refractivity contribution in [2.45, 2.75) is 40.0 Å². The quantitative estimate of drug-likeness (QED) is 0.857. The first kappa shape index (κ1) is 15.4. The van der Waals surface area contributed by atoms with E-state index in [0.29, 0.717) is 12.5 Å². The predicted molar refractivity (Wildman–Crippen MR) is 83.6 cm³/mol. The monoisotopic (exact) mass is 295 g/mol. The molecule has 0 aliphatic carbocycles. The Kier molecular flexibility index (Phi) is 5.13. The third-order valence-electron chi connectivity index (χ3n) is 3.61. The molecule has 0 fully saturated rings. The maximum Gasteiger partial charge on any atom is 0.132 e. The fraction of sp³-hybridized carbons (Fsp3) is 0.500. The average Bonchev–Trinajstić information content (AvgIpc) is 2.75. The Morgan fingerprint density at radius 1 is 1.30 bits per heavy atom. The lowest BCUT2D eigenvalue weighted by Crippen LogP contribution is -2.16. The van der Waals surface area contributed by atoms with Crippen molar-refractivity contribution in [1.29, 1.82) is 0 Å². The summed E-state index contributed by atoms with van der Waals surface area (Å²) in [6, 6.07) is 5.25. The van der Waals surface area contributed by atoms with Crippen molar-refractivity contribution in [3.05, 3.63) is 34.5 Å². The van der Waals surface area contributed by atoms with Crippen LogP contribution in [0.4, 0.5) is 4.39 Å². The van der Waals surface area contributed by atoms with E-state index in [4.69, 9.17) is 4.74 Å². The highest BCUT2D eigenvalue weighted by molar-refractivity contribution is 7.19. The minimum Gasteiger partial charge on any atom is -0.373 e. The summed E-state index contributed by atoms with van der Waals surface area (Å²) in [4.78, 5) is 1.16. The average molecular weight is 295 g/mol. The minimum atomic E-state index is -0.156. The second-order valence-electron chi connectivity index (χ2n) is 5.41. The van der Waals surface area contributed by atoms with Crippen molar-refractivity contribution in [3.63, 3.8) is 0 Å². The molecule has 1 aromatic carbocycles. The largest absolute Gasteiger partial charge is 0.373 e. The summed E-state index contributed by atoms with van der Waals surface area (Å²) in [5.41, 5.74) is 0.991. The molecule has 2 aromatic rings. The number of halogens is 1. The van der Waals surface area contributed by atoms with Gasteiger partial charge < -0.3 is 10.1 Å². The molecule has 1 atom stereocenters. The Morgan fingerprint density at radius 3 is 2.70 bits per heavy atom. The number of hydrogen-bond donors (Lipinski definition) is 1. The van der Waals surface area contributed by atoms with Gasteiger partial charge in [0.1, 0.15) is 5.82 Å². The number of fused-ring (bicyclic) bond motifs is 1. The fourth-order valence-electron chi connectivity index (χ4n) is 2.08. The summed E-state index contributed by atoms with van der Waals surface area (Å²) in [6.45, 7) is 7.54. The molecule has 0 saturated carbocycles. The predicted octanol–water partition coefficient (Wildman–Crippen LogP) is 4.32. The molecule has 20 heavy (non-hydrogen) atoms. The van der Waals surface area contributed by atoms with E-state index in [2.05, 4.69) is 26.1 Å². The van der Waals surface area contributed by atoms with Gasteiger partial charge in [0.15, 0.2) is 0 Å². The van der Waals surface area contributed by atoms with Crippen LogP contribution >= 0.6 is 11.3 Å². The Morgan fingerprint density at radius 2 is 2.05 bits per heavy atom. The molecule has 0 amide bonds. The second kappa shape index (κ2) is 6.66. The SMILES string of the molecule is CNCc1sc2cccc(F)c2c1COC(C)C(C)C. The Balaban J connectivity index is 2.35. The van der Waals surface area contributed by atoms with E-state index in [0.717, 1.165) is 27.1 Å². The van der Waals surface area contributed by atoms with E-state index in [9.17, 15) is 4.39 Å². The first-order chi connectivity index (χ1) is 9.54. The number of thiophene rings is 1. The molecule has 0 saturated heterocycles. The zero-order valence-electron chi connectivity index (χ0n) is 12.5. The first-order valence-electron chi connectivity index (χ1n) is 6.99. The molecule has 0 spiro atoms. The summed E-state index contributed by atoms with van der Waals surface area (Å²) in [6.07, 6.45) is 0.166. The van der Waals surface area contributed by atoms with Crippen molar-refractivity contribution in [3.8, 4) is 0 Å². The van der Waals surface area contributed by atoms with Crippen LogP contribution in [0.5, 0.6) is 0 Å². The Hall–Kier alpha value is -0.970. The van der Waals surface area contributed by atoms with Crippen LogP contribution in [0.2, 0.25) is 0 Å². The standard InChI is InChI=1S/C16H22FNOS/c1-10(2)11(3)19-9-12-15(8-18-4)20-14-7-5-6-13(17)16(12)14/h5-7,10-11,18H,8-9H2,1-4H3. The Bertz CT molecular complexity index is 579. The van der Waals surface area contributed by atoms with Gasteiger partial charge in [0.05, 0.1) is 12.7 Å². The lowest BCUT2D eigenvalue weighted by atomic mass is 10.1. The summed E-state index contributed by atoms with van der Waals surface area (Å²) < 4.78 is 21.0. The van der Waals surface area contributed by atoms with Gasteiger partial charge in [0.25, 0.3) is 0 Å². The third-order valence-corrected chi connectivity index (χ3v) is 4.81. The van der Waals surface area contributed by atoms with Gasteiger partial charge in [0.2, 0.25) is 0 Å². The third kappa shape index (κ3) is 3.19.